The lowest BCUT2D eigenvalue weighted by Gasteiger charge is -2.54. The first kappa shape index (κ1) is 25.7. The van der Waals surface area contributed by atoms with Crippen molar-refractivity contribution in [1.29, 1.82) is 0 Å². The maximum Gasteiger partial charge on any atom is 0.127 e. The van der Waals surface area contributed by atoms with Gasteiger partial charge in [0.25, 0.3) is 0 Å². The van der Waals surface area contributed by atoms with Gasteiger partial charge >= 0.3 is 0 Å². The van der Waals surface area contributed by atoms with E-state index < -0.39 is 5.41 Å². The molecule has 0 amide bonds. The van der Waals surface area contributed by atoms with Crippen LogP contribution in [0.3, 0.4) is 0 Å². The molecule has 10 rings (SSSR count). The molecule has 2 aliphatic carbocycles. The normalized spacial score (nSPS) is 22.0. The van der Waals surface area contributed by atoms with E-state index in [0.717, 1.165) is 11.4 Å². The first-order chi connectivity index (χ1) is 22.7. The van der Waals surface area contributed by atoms with Crippen molar-refractivity contribution in [2.45, 2.75) is 18.4 Å². The van der Waals surface area contributed by atoms with Crippen LogP contribution in [-0.4, -0.2) is 10.7 Å². The number of nitrogens with zero attached hydrogens (tertiary/aromatic N) is 1. The van der Waals surface area contributed by atoms with Crippen LogP contribution in [0.15, 0.2) is 164 Å². The van der Waals surface area contributed by atoms with E-state index in [1.165, 1.54) is 60.8 Å². The highest BCUT2D eigenvalue weighted by Crippen LogP contribution is 2.67. The summed E-state index contributed by atoms with van der Waals surface area (Å²) in [5.74, 6) is 0.962. The number of fused-ring (bicyclic) bond motifs is 12. The van der Waals surface area contributed by atoms with Gasteiger partial charge in [-0.05, 0) is 75.9 Å². The zero-order valence-electron chi connectivity index (χ0n) is 25.5. The van der Waals surface area contributed by atoms with Crippen LogP contribution in [0.25, 0.3) is 49.7 Å². The van der Waals surface area contributed by atoms with Crippen LogP contribution >= 0.6 is 0 Å². The van der Waals surface area contributed by atoms with Gasteiger partial charge in [-0.2, -0.15) is 0 Å². The van der Waals surface area contributed by atoms with Gasteiger partial charge in [0, 0.05) is 27.4 Å². The minimum absolute atomic E-state index is 0.101. The fourth-order valence-electron chi connectivity index (χ4n) is 8.86. The van der Waals surface area contributed by atoms with Gasteiger partial charge in [0.15, 0.2) is 0 Å². The lowest BCUT2D eigenvalue weighted by Crippen LogP contribution is -2.55. The summed E-state index contributed by atoms with van der Waals surface area (Å²) < 4.78 is 9.26. The van der Waals surface area contributed by atoms with Crippen LogP contribution in [-0.2, 0) is 5.41 Å². The SMILES string of the molecule is CC12C=CC=CC1Oc1ccccc1C21c2ccccc2-c2cc3c4ccccc4n(-c4cccc(-c5ccccc5)c4)c3cc21. The molecule has 0 radical (unpaired) electrons. The highest BCUT2D eigenvalue weighted by Gasteiger charge is 2.62. The number of rotatable bonds is 2. The van der Waals surface area contributed by atoms with Crippen molar-refractivity contribution in [2.75, 3.05) is 0 Å². The molecule has 3 aliphatic rings. The number of aromatic nitrogens is 1. The van der Waals surface area contributed by atoms with Crippen molar-refractivity contribution < 1.29 is 4.74 Å². The minimum Gasteiger partial charge on any atom is -0.485 e. The largest absolute Gasteiger partial charge is 0.485 e. The Kier molecular flexibility index (Phi) is 5.15. The molecule has 1 aliphatic heterocycles. The second-order valence-corrected chi connectivity index (χ2v) is 13.0. The second-order valence-electron chi connectivity index (χ2n) is 13.0. The van der Waals surface area contributed by atoms with Crippen molar-refractivity contribution in [2.24, 2.45) is 5.41 Å². The first-order valence-corrected chi connectivity index (χ1v) is 16.1. The molecule has 0 fully saturated rings. The highest BCUT2D eigenvalue weighted by molar-refractivity contribution is 6.12. The maximum absolute atomic E-state index is 6.80. The molecule has 0 saturated heterocycles. The predicted octanol–water partition coefficient (Wildman–Crippen LogP) is 10.7. The smallest absolute Gasteiger partial charge is 0.127 e. The van der Waals surface area contributed by atoms with Crippen LogP contribution < -0.4 is 4.74 Å². The van der Waals surface area contributed by atoms with E-state index in [0.29, 0.717) is 0 Å². The van der Waals surface area contributed by atoms with Crippen LogP contribution in [0.1, 0.15) is 23.6 Å². The van der Waals surface area contributed by atoms with Crippen molar-refractivity contribution >= 4 is 21.8 Å². The van der Waals surface area contributed by atoms with E-state index in [9.17, 15) is 0 Å². The van der Waals surface area contributed by atoms with Gasteiger partial charge in [0.1, 0.15) is 11.9 Å². The molecule has 0 bridgehead atoms. The Bertz CT molecular complexity index is 2430. The summed E-state index contributed by atoms with van der Waals surface area (Å²) >= 11 is 0. The molecule has 3 atom stereocenters. The summed E-state index contributed by atoms with van der Waals surface area (Å²) in [6.07, 6.45) is 8.87. The molecule has 2 heterocycles. The quantitative estimate of drug-likeness (QED) is 0.196. The lowest BCUT2D eigenvalue weighted by molar-refractivity contribution is 0.0664. The summed E-state index contributed by atoms with van der Waals surface area (Å²) in [4.78, 5) is 0. The second kappa shape index (κ2) is 9.22. The van der Waals surface area contributed by atoms with Gasteiger partial charge in [-0.1, -0.05) is 128 Å². The molecule has 2 nitrogen and oxygen atoms in total. The van der Waals surface area contributed by atoms with E-state index in [1.807, 2.05) is 0 Å². The van der Waals surface area contributed by atoms with E-state index in [4.69, 9.17) is 4.74 Å². The fraction of sp³-hybridized carbons (Fsp3) is 0.0909. The Hall–Kier alpha value is -5.60. The Morgan fingerprint density at radius 2 is 1.33 bits per heavy atom. The summed E-state index contributed by atoms with van der Waals surface area (Å²) in [6, 6.07) is 51.2. The average Bonchev–Trinajstić information content (AvgIpc) is 3.59. The van der Waals surface area contributed by atoms with Gasteiger partial charge in [-0.25, -0.2) is 0 Å². The molecule has 2 heteroatoms. The van der Waals surface area contributed by atoms with Crippen LogP contribution in [0.4, 0.5) is 0 Å². The molecule has 3 unspecified atom stereocenters. The topological polar surface area (TPSA) is 14.2 Å². The zero-order valence-corrected chi connectivity index (χ0v) is 25.5. The summed E-state index contributed by atoms with van der Waals surface area (Å²) in [5.41, 5.74) is 11.8. The Balaban J connectivity index is 1.34. The van der Waals surface area contributed by atoms with E-state index >= 15 is 0 Å². The molecule has 7 aromatic rings. The highest BCUT2D eigenvalue weighted by atomic mass is 16.5. The molecule has 0 N–H and O–H groups in total. The third-order valence-electron chi connectivity index (χ3n) is 10.8. The molecule has 0 saturated carbocycles. The number of hydrogen-bond acceptors (Lipinski definition) is 1. The van der Waals surface area contributed by atoms with Crippen molar-refractivity contribution in [3.05, 3.63) is 181 Å². The Labute approximate surface area is 268 Å². The van der Waals surface area contributed by atoms with Gasteiger partial charge in [-0.3, -0.25) is 0 Å². The zero-order chi connectivity index (χ0) is 30.5. The van der Waals surface area contributed by atoms with E-state index in [-0.39, 0.29) is 11.5 Å². The van der Waals surface area contributed by atoms with E-state index in [1.54, 1.807) is 0 Å². The summed E-state index contributed by atoms with van der Waals surface area (Å²) in [5, 5.41) is 2.54. The molecule has 1 spiro atoms. The maximum atomic E-state index is 6.80. The fourth-order valence-corrected chi connectivity index (χ4v) is 8.86. The number of ether oxygens (including phenoxy) is 1. The van der Waals surface area contributed by atoms with Crippen LogP contribution in [0, 0.1) is 5.41 Å². The average molecular weight is 590 g/mol. The van der Waals surface area contributed by atoms with Crippen molar-refractivity contribution in [3.63, 3.8) is 0 Å². The van der Waals surface area contributed by atoms with Gasteiger partial charge in [0.2, 0.25) is 0 Å². The van der Waals surface area contributed by atoms with Gasteiger partial charge in [-0.15, -0.1) is 0 Å². The standard InChI is InChI=1S/C44H31NO/c1-43-25-12-11-24-42(43)46-41-23-10-8-21-37(41)44(43)36-20-7-5-18-32(36)34-27-35-33-19-6-9-22-39(33)45(40(35)28-38(34)44)31-17-13-16-30(26-31)29-14-3-2-4-15-29/h2-28,42H,1H3. The third-order valence-corrected chi connectivity index (χ3v) is 10.8. The molecular formula is C44H31NO. The number of allylic oxidation sites excluding steroid dienone is 2. The van der Waals surface area contributed by atoms with E-state index in [2.05, 4.69) is 175 Å². The van der Waals surface area contributed by atoms with Crippen molar-refractivity contribution in [3.8, 4) is 33.7 Å². The van der Waals surface area contributed by atoms with Crippen LogP contribution in [0.2, 0.25) is 0 Å². The van der Waals surface area contributed by atoms with Crippen LogP contribution in [0.5, 0.6) is 5.75 Å². The Morgan fingerprint density at radius 3 is 2.24 bits per heavy atom. The summed E-state index contributed by atoms with van der Waals surface area (Å²) in [6.45, 7) is 2.39. The monoisotopic (exact) mass is 589 g/mol. The molecule has 218 valence electrons. The number of para-hydroxylation sites is 2. The Morgan fingerprint density at radius 1 is 0.565 bits per heavy atom. The molecule has 46 heavy (non-hydrogen) atoms. The number of benzene rings is 6. The predicted molar refractivity (Wildman–Crippen MR) is 189 cm³/mol. The first-order valence-electron chi connectivity index (χ1n) is 16.1. The lowest BCUT2D eigenvalue weighted by atomic mass is 9.52. The third kappa shape index (κ3) is 3.16. The molecular weight excluding hydrogens is 558 g/mol. The van der Waals surface area contributed by atoms with Gasteiger partial charge in [0.05, 0.1) is 16.4 Å². The minimum atomic E-state index is -0.443. The molecule has 6 aromatic carbocycles. The number of hydrogen-bond donors (Lipinski definition) is 0. The summed E-state index contributed by atoms with van der Waals surface area (Å²) in [7, 11) is 0. The molecule has 1 aromatic heterocycles. The van der Waals surface area contributed by atoms with Crippen molar-refractivity contribution in [1.82, 2.24) is 4.57 Å². The van der Waals surface area contributed by atoms with Gasteiger partial charge < -0.3 is 9.30 Å².